The number of H-pyrrole nitrogens is 1. The molecule has 0 amide bonds. The van der Waals surface area contributed by atoms with Crippen molar-refractivity contribution >= 4 is 38.9 Å². The summed E-state index contributed by atoms with van der Waals surface area (Å²) < 4.78 is 12.0. The normalized spacial score (nSPS) is 20.5. The molecule has 0 saturated carbocycles. The first-order valence-corrected chi connectivity index (χ1v) is 14.5. The fourth-order valence-electron chi connectivity index (χ4n) is 7.05. The molecule has 9 nitrogen and oxygen atoms in total. The largest absolute Gasteiger partial charge is 0.432 e. The number of hydrogen-bond acceptors (Lipinski definition) is 8. The molecule has 9 heteroatoms. The van der Waals surface area contributed by atoms with Crippen molar-refractivity contribution in [3.8, 4) is 11.4 Å². The number of furan rings is 1. The topological polar surface area (TPSA) is 86.5 Å². The van der Waals surface area contributed by atoms with Gasteiger partial charge in [-0.3, -0.25) is 4.90 Å². The molecule has 206 valence electrons. The number of nitrogens with zero attached hydrogens (tertiary/aromatic N) is 6. The second kappa shape index (κ2) is 9.54. The molecule has 3 aliphatic rings. The predicted molar refractivity (Wildman–Crippen MR) is 156 cm³/mol. The summed E-state index contributed by atoms with van der Waals surface area (Å²) in [4.78, 5) is 25.6. The summed E-state index contributed by atoms with van der Waals surface area (Å²) in [5.74, 6) is 1.52. The maximum absolute atomic E-state index is 6.38. The number of fused-ring (bicyclic) bond motifs is 4. The van der Waals surface area contributed by atoms with Crippen molar-refractivity contribution in [1.82, 2.24) is 29.7 Å². The van der Waals surface area contributed by atoms with Crippen molar-refractivity contribution < 1.29 is 9.15 Å². The summed E-state index contributed by atoms with van der Waals surface area (Å²) in [6.45, 7) is 8.55. The third-order valence-corrected chi connectivity index (χ3v) is 9.31. The smallest absolute Gasteiger partial charge is 0.229 e. The van der Waals surface area contributed by atoms with Crippen LogP contribution in [0.1, 0.15) is 24.8 Å². The molecule has 0 radical (unpaired) electrons. The Bertz CT molecular complexity index is 1690. The van der Waals surface area contributed by atoms with E-state index < -0.39 is 0 Å². The summed E-state index contributed by atoms with van der Waals surface area (Å²) in [5.41, 5.74) is 5.96. The SMILES string of the molecule is CN1CCC2(CCN(Cc3cnc4oc5c(N6CCOCC6)nc(-c6cccc7[nH]ccc67)nc5c4c3)CC2)C1. The molecular formula is C31H35N7O2. The molecule has 5 aromatic rings. The van der Waals surface area contributed by atoms with Gasteiger partial charge in [0.1, 0.15) is 5.52 Å². The third kappa shape index (κ3) is 4.15. The second-order valence-electron chi connectivity index (χ2n) is 12.0. The summed E-state index contributed by atoms with van der Waals surface area (Å²) in [6.07, 6.45) is 7.85. The van der Waals surface area contributed by atoms with E-state index in [2.05, 4.69) is 57.1 Å². The van der Waals surface area contributed by atoms with E-state index in [1.807, 2.05) is 12.4 Å². The van der Waals surface area contributed by atoms with Crippen LogP contribution in [0, 0.1) is 5.41 Å². The Morgan fingerprint density at radius 1 is 0.975 bits per heavy atom. The van der Waals surface area contributed by atoms with Crippen LogP contribution in [-0.4, -0.2) is 89.3 Å². The molecule has 3 saturated heterocycles. The first-order chi connectivity index (χ1) is 19.6. The highest BCUT2D eigenvalue weighted by Gasteiger charge is 2.39. The molecule has 3 fully saturated rings. The lowest BCUT2D eigenvalue weighted by atomic mass is 9.78. The number of hydrogen-bond donors (Lipinski definition) is 1. The van der Waals surface area contributed by atoms with Crippen LogP contribution in [0.4, 0.5) is 5.82 Å². The molecule has 1 N–H and O–H groups in total. The van der Waals surface area contributed by atoms with E-state index in [4.69, 9.17) is 24.1 Å². The van der Waals surface area contributed by atoms with Gasteiger partial charge in [0.2, 0.25) is 5.71 Å². The molecule has 4 aromatic heterocycles. The van der Waals surface area contributed by atoms with Gasteiger partial charge in [-0.2, -0.15) is 0 Å². The zero-order valence-corrected chi connectivity index (χ0v) is 23.0. The molecule has 7 heterocycles. The van der Waals surface area contributed by atoms with Crippen LogP contribution in [0.25, 0.3) is 44.5 Å². The van der Waals surface area contributed by atoms with Crippen LogP contribution in [0.5, 0.6) is 0 Å². The van der Waals surface area contributed by atoms with Gasteiger partial charge < -0.3 is 23.9 Å². The molecular weight excluding hydrogens is 502 g/mol. The number of likely N-dealkylation sites (tertiary alicyclic amines) is 2. The van der Waals surface area contributed by atoms with Gasteiger partial charge in [-0.15, -0.1) is 0 Å². The van der Waals surface area contributed by atoms with E-state index in [1.165, 1.54) is 37.9 Å². The highest BCUT2D eigenvalue weighted by atomic mass is 16.5. The fourth-order valence-corrected chi connectivity index (χ4v) is 7.05. The van der Waals surface area contributed by atoms with E-state index in [0.717, 1.165) is 65.9 Å². The van der Waals surface area contributed by atoms with Gasteiger partial charge >= 0.3 is 0 Å². The molecule has 0 unspecified atom stereocenters. The summed E-state index contributed by atoms with van der Waals surface area (Å²) in [5, 5.41) is 2.07. The molecule has 0 atom stereocenters. The Morgan fingerprint density at radius 3 is 2.65 bits per heavy atom. The van der Waals surface area contributed by atoms with Crippen LogP contribution in [0.15, 0.2) is 47.1 Å². The Morgan fingerprint density at radius 2 is 1.82 bits per heavy atom. The lowest BCUT2D eigenvalue weighted by Crippen LogP contribution is -2.40. The number of benzene rings is 1. The van der Waals surface area contributed by atoms with Crippen LogP contribution in [0.2, 0.25) is 0 Å². The minimum atomic E-state index is 0.528. The highest BCUT2D eigenvalue weighted by Crippen LogP contribution is 2.40. The molecule has 0 aliphatic carbocycles. The quantitative estimate of drug-likeness (QED) is 0.354. The Labute approximate surface area is 233 Å². The zero-order chi connectivity index (χ0) is 26.7. The molecule has 1 spiro atoms. The zero-order valence-electron chi connectivity index (χ0n) is 23.0. The average molecular weight is 538 g/mol. The highest BCUT2D eigenvalue weighted by molar-refractivity contribution is 6.06. The Balaban J connectivity index is 1.18. The van der Waals surface area contributed by atoms with Crippen molar-refractivity contribution in [3.05, 3.63) is 48.3 Å². The van der Waals surface area contributed by atoms with Crippen molar-refractivity contribution in [3.63, 3.8) is 0 Å². The van der Waals surface area contributed by atoms with Crippen LogP contribution < -0.4 is 4.90 Å². The van der Waals surface area contributed by atoms with Gasteiger partial charge in [-0.25, -0.2) is 15.0 Å². The number of morpholine rings is 1. The van der Waals surface area contributed by atoms with E-state index >= 15 is 0 Å². The van der Waals surface area contributed by atoms with Gasteiger partial charge in [-0.05, 0) is 75.1 Å². The summed E-state index contributed by atoms with van der Waals surface area (Å²) >= 11 is 0. The van der Waals surface area contributed by atoms with Gasteiger partial charge in [0.25, 0.3) is 0 Å². The number of anilines is 1. The fraction of sp³-hybridized carbons (Fsp3) is 0.452. The van der Waals surface area contributed by atoms with Crippen molar-refractivity contribution in [2.24, 2.45) is 5.41 Å². The van der Waals surface area contributed by atoms with Gasteiger partial charge in [0.05, 0.1) is 18.6 Å². The number of ether oxygens (including phenoxy) is 1. The number of nitrogens with one attached hydrogen (secondary N) is 1. The molecule has 40 heavy (non-hydrogen) atoms. The Hall–Kier alpha value is -3.53. The van der Waals surface area contributed by atoms with E-state index in [1.54, 1.807) is 0 Å². The minimum Gasteiger partial charge on any atom is -0.432 e. The third-order valence-electron chi connectivity index (χ3n) is 9.31. The van der Waals surface area contributed by atoms with Crippen LogP contribution in [0.3, 0.4) is 0 Å². The minimum absolute atomic E-state index is 0.528. The lowest BCUT2D eigenvalue weighted by Gasteiger charge is -2.39. The number of rotatable bonds is 4. The standard InChI is InChI=1S/C31H35N7O2/c1-36-10-6-31(20-36)7-11-37(12-8-31)19-21-17-24-26-27(40-30(24)33-18-21)29(38-13-15-39-16-14-38)35-28(34-26)23-3-2-4-25-22(23)5-9-32-25/h2-5,9,17-18,32H,6-8,10-16,19-20H2,1H3. The molecule has 3 aliphatic heterocycles. The van der Waals surface area contributed by atoms with Gasteiger partial charge in [0.15, 0.2) is 17.2 Å². The number of aromatic nitrogens is 4. The van der Waals surface area contributed by atoms with E-state index in [0.29, 0.717) is 35.7 Å². The maximum atomic E-state index is 6.38. The van der Waals surface area contributed by atoms with E-state index in [9.17, 15) is 0 Å². The number of piperidine rings is 1. The van der Waals surface area contributed by atoms with Crippen LogP contribution >= 0.6 is 0 Å². The lowest BCUT2D eigenvalue weighted by molar-refractivity contribution is 0.105. The molecule has 1 aromatic carbocycles. The maximum Gasteiger partial charge on any atom is 0.229 e. The number of pyridine rings is 1. The first-order valence-electron chi connectivity index (χ1n) is 14.5. The Kier molecular flexibility index (Phi) is 5.79. The summed E-state index contributed by atoms with van der Waals surface area (Å²) in [7, 11) is 2.26. The van der Waals surface area contributed by atoms with Crippen molar-refractivity contribution in [2.45, 2.75) is 25.8 Å². The molecule has 8 rings (SSSR count). The number of aromatic amines is 1. The summed E-state index contributed by atoms with van der Waals surface area (Å²) in [6, 6.07) is 10.6. The predicted octanol–water partition coefficient (Wildman–Crippen LogP) is 4.67. The average Bonchev–Trinajstić information content (AvgIpc) is 3.71. The van der Waals surface area contributed by atoms with Crippen molar-refractivity contribution in [1.29, 1.82) is 0 Å². The van der Waals surface area contributed by atoms with E-state index in [-0.39, 0.29) is 0 Å². The second-order valence-corrected chi connectivity index (χ2v) is 12.0. The van der Waals surface area contributed by atoms with Crippen molar-refractivity contribution in [2.75, 3.05) is 64.4 Å². The molecule has 0 bridgehead atoms. The first kappa shape index (κ1) is 24.3. The van der Waals surface area contributed by atoms with Gasteiger partial charge in [0, 0.05) is 55.0 Å². The monoisotopic (exact) mass is 537 g/mol. The van der Waals surface area contributed by atoms with Crippen LogP contribution in [-0.2, 0) is 11.3 Å². The van der Waals surface area contributed by atoms with Gasteiger partial charge in [-0.1, -0.05) is 12.1 Å².